The first-order valence-corrected chi connectivity index (χ1v) is 7.85. The maximum atomic E-state index is 10.2. The fraction of sp³-hybridized carbons (Fsp3) is 0.333. The molecule has 4 N–H and O–H groups in total. The van der Waals surface area contributed by atoms with E-state index in [1.165, 1.54) is 12.1 Å². The Labute approximate surface area is 140 Å². The van der Waals surface area contributed by atoms with Crippen molar-refractivity contribution in [3.8, 4) is 23.0 Å². The number of aliphatic hydroxyl groups is 1. The highest BCUT2D eigenvalue weighted by Crippen LogP contribution is 2.32. The first-order valence-electron chi connectivity index (χ1n) is 7.85. The first-order chi connectivity index (χ1) is 11.5. The smallest absolute Gasteiger partial charge is 0.231 e. The van der Waals surface area contributed by atoms with Gasteiger partial charge in [-0.15, -0.1) is 0 Å². The lowest BCUT2D eigenvalue weighted by molar-refractivity contribution is 0.170. The minimum atomic E-state index is -0.768. The van der Waals surface area contributed by atoms with E-state index >= 15 is 0 Å². The standard InChI is InChI=1S/C18H21NO5/c1-11(6-12-2-5-17-18(7-12)24-10-23-17)19-9-16(22)13-3-4-14(20)15(21)8-13/h2-5,7-8,11,16,19-22H,6,9-10H2,1H3/t11?,16-/m0/s1. The molecule has 0 fully saturated rings. The van der Waals surface area contributed by atoms with Crippen LogP contribution in [0, 0.1) is 0 Å². The highest BCUT2D eigenvalue weighted by molar-refractivity contribution is 5.44. The third kappa shape index (κ3) is 3.72. The summed E-state index contributed by atoms with van der Waals surface area (Å²) in [5.41, 5.74) is 1.67. The number of hydrogen-bond donors (Lipinski definition) is 4. The molecule has 128 valence electrons. The summed E-state index contributed by atoms with van der Waals surface area (Å²) in [5, 5.41) is 32.3. The van der Waals surface area contributed by atoms with Crippen LogP contribution in [0.3, 0.4) is 0 Å². The number of aromatic hydroxyl groups is 2. The van der Waals surface area contributed by atoms with Crippen molar-refractivity contribution in [2.45, 2.75) is 25.5 Å². The maximum absolute atomic E-state index is 10.2. The summed E-state index contributed by atoms with van der Waals surface area (Å²) in [7, 11) is 0. The second-order valence-corrected chi connectivity index (χ2v) is 5.96. The van der Waals surface area contributed by atoms with Crippen LogP contribution in [0.2, 0.25) is 0 Å². The highest BCUT2D eigenvalue weighted by atomic mass is 16.7. The van der Waals surface area contributed by atoms with Gasteiger partial charge in [-0.25, -0.2) is 0 Å². The van der Waals surface area contributed by atoms with E-state index in [2.05, 4.69) is 5.32 Å². The third-order valence-electron chi connectivity index (χ3n) is 4.02. The van der Waals surface area contributed by atoms with Crippen molar-refractivity contribution in [2.24, 2.45) is 0 Å². The predicted molar refractivity (Wildman–Crippen MR) is 88.5 cm³/mol. The Morgan fingerprint density at radius 2 is 1.83 bits per heavy atom. The molecule has 0 aliphatic carbocycles. The number of fused-ring (bicyclic) bond motifs is 1. The number of nitrogens with one attached hydrogen (secondary N) is 1. The molecular formula is C18H21NO5. The number of rotatable bonds is 6. The molecular weight excluding hydrogens is 310 g/mol. The molecule has 6 nitrogen and oxygen atoms in total. The topological polar surface area (TPSA) is 91.2 Å². The second kappa shape index (κ2) is 6.98. The molecule has 3 rings (SSSR count). The van der Waals surface area contributed by atoms with E-state index in [0.717, 1.165) is 23.5 Å². The Morgan fingerprint density at radius 1 is 1.04 bits per heavy atom. The van der Waals surface area contributed by atoms with Gasteiger partial charge < -0.3 is 30.1 Å². The molecule has 2 aromatic rings. The first kappa shape index (κ1) is 16.4. The molecule has 0 radical (unpaired) electrons. The summed E-state index contributed by atoms with van der Waals surface area (Å²) in [6, 6.07) is 10.3. The summed E-state index contributed by atoms with van der Waals surface area (Å²) in [6.07, 6.45) is 0.0141. The molecule has 6 heteroatoms. The number of ether oxygens (including phenoxy) is 2. The molecule has 1 aliphatic rings. The fourth-order valence-corrected chi connectivity index (χ4v) is 2.67. The molecule has 0 aromatic heterocycles. The minimum Gasteiger partial charge on any atom is -0.504 e. The summed E-state index contributed by atoms with van der Waals surface area (Å²) in [4.78, 5) is 0. The molecule has 1 unspecified atom stereocenters. The van der Waals surface area contributed by atoms with Crippen LogP contribution in [-0.2, 0) is 6.42 Å². The van der Waals surface area contributed by atoms with Crippen molar-refractivity contribution in [2.75, 3.05) is 13.3 Å². The van der Waals surface area contributed by atoms with E-state index in [0.29, 0.717) is 12.1 Å². The lowest BCUT2D eigenvalue weighted by Gasteiger charge is -2.18. The number of hydrogen-bond acceptors (Lipinski definition) is 6. The number of aliphatic hydroxyl groups excluding tert-OH is 1. The van der Waals surface area contributed by atoms with Crippen LogP contribution >= 0.6 is 0 Å². The number of phenols is 2. The molecule has 0 spiro atoms. The van der Waals surface area contributed by atoms with Gasteiger partial charge in [-0.2, -0.15) is 0 Å². The van der Waals surface area contributed by atoms with E-state index in [-0.39, 0.29) is 24.3 Å². The summed E-state index contributed by atoms with van der Waals surface area (Å²) in [6.45, 7) is 2.64. The number of benzene rings is 2. The summed E-state index contributed by atoms with van der Waals surface area (Å²) >= 11 is 0. The second-order valence-electron chi connectivity index (χ2n) is 5.96. The Morgan fingerprint density at radius 3 is 2.62 bits per heavy atom. The van der Waals surface area contributed by atoms with Crippen LogP contribution in [0.25, 0.3) is 0 Å². The van der Waals surface area contributed by atoms with Crippen molar-refractivity contribution in [3.63, 3.8) is 0 Å². The predicted octanol–water partition coefficient (Wildman–Crippen LogP) is 2.08. The van der Waals surface area contributed by atoms with Gasteiger partial charge in [-0.3, -0.25) is 0 Å². The van der Waals surface area contributed by atoms with Crippen LogP contribution in [0.1, 0.15) is 24.2 Å². The monoisotopic (exact) mass is 331 g/mol. The van der Waals surface area contributed by atoms with Crippen LogP contribution in [-0.4, -0.2) is 34.7 Å². The largest absolute Gasteiger partial charge is 0.504 e. The van der Waals surface area contributed by atoms with Gasteiger partial charge >= 0.3 is 0 Å². The van der Waals surface area contributed by atoms with Gasteiger partial charge in [-0.05, 0) is 48.7 Å². The van der Waals surface area contributed by atoms with Gasteiger partial charge in [0, 0.05) is 12.6 Å². The van der Waals surface area contributed by atoms with E-state index < -0.39 is 6.10 Å². The van der Waals surface area contributed by atoms with Gasteiger partial charge in [-0.1, -0.05) is 12.1 Å². The fourth-order valence-electron chi connectivity index (χ4n) is 2.67. The van der Waals surface area contributed by atoms with Gasteiger partial charge in [0.2, 0.25) is 6.79 Å². The highest BCUT2D eigenvalue weighted by Gasteiger charge is 2.15. The minimum absolute atomic E-state index is 0.144. The van der Waals surface area contributed by atoms with Gasteiger partial charge in [0.25, 0.3) is 0 Å². The molecule has 2 atom stereocenters. The Hall–Kier alpha value is -2.44. The summed E-state index contributed by atoms with van der Waals surface area (Å²) in [5.74, 6) is 1.09. The zero-order valence-corrected chi connectivity index (χ0v) is 13.4. The molecule has 0 amide bonds. The molecule has 1 aliphatic heterocycles. The summed E-state index contributed by atoms with van der Waals surface area (Å²) < 4.78 is 10.7. The van der Waals surface area contributed by atoms with Crippen molar-refractivity contribution in [1.82, 2.24) is 5.32 Å². The van der Waals surface area contributed by atoms with E-state index in [1.54, 1.807) is 6.07 Å². The maximum Gasteiger partial charge on any atom is 0.231 e. The van der Waals surface area contributed by atoms with Crippen molar-refractivity contribution in [3.05, 3.63) is 47.5 Å². The van der Waals surface area contributed by atoms with Crippen LogP contribution in [0.5, 0.6) is 23.0 Å². The third-order valence-corrected chi connectivity index (χ3v) is 4.02. The van der Waals surface area contributed by atoms with Crippen molar-refractivity contribution < 1.29 is 24.8 Å². The quantitative estimate of drug-likeness (QED) is 0.606. The van der Waals surface area contributed by atoms with Gasteiger partial charge in [0.05, 0.1) is 6.10 Å². The van der Waals surface area contributed by atoms with E-state index in [9.17, 15) is 15.3 Å². The Balaban J connectivity index is 1.53. The van der Waals surface area contributed by atoms with Crippen molar-refractivity contribution >= 4 is 0 Å². The molecule has 2 aromatic carbocycles. The van der Waals surface area contributed by atoms with Crippen LogP contribution in [0.15, 0.2) is 36.4 Å². The average molecular weight is 331 g/mol. The molecule has 24 heavy (non-hydrogen) atoms. The van der Waals surface area contributed by atoms with E-state index in [1.807, 2.05) is 25.1 Å². The average Bonchev–Trinajstić information content (AvgIpc) is 3.03. The normalized spacial score (nSPS) is 15.2. The molecule has 0 saturated heterocycles. The van der Waals surface area contributed by atoms with Gasteiger partial charge in [0.1, 0.15) is 0 Å². The lowest BCUT2D eigenvalue weighted by atomic mass is 10.1. The Bertz CT molecular complexity index is 719. The molecule has 0 saturated carbocycles. The van der Waals surface area contributed by atoms with E-state index in [4.69, 9.17) is 9.47 Å². The molecule has 1 heterocycles. The zero-order chi connectivity index (χ0) is 17.1. The molecule has 0 bridgehead atoms. The zero-order valence-electron chi connectivity index (χ0n) is 13.4. The van der Waals surface area contributed by atoms with Crippen molar-refractivity contribution in [1.29, 1.82) is 0 Å². The number of phenolic OH excluding ortho intramolecular Hbond substituents is 2. The van der Waals surface area contributed by atoms with Gasteiger partial charge in [0.15, 0.2) is 23.0 Å². The van der Waals surface area contributed by atoms with Crippen LogP contribution < -0.4 is 14.8 Å². The lowest BCUT2D eigenvalue weighted by Crippen LogP contribution is -2.32. The Kier molecular flexibility index (Phi) is 4.78. The SMILES string of the molecule is CC(Cc1ccc2c(c1)OCO2)NC[C@H](O)c1ccc(O)c(O)c1. The van der Waals surface area contributed by atoms with Crippen LogP contribution in [0.4, 0.5) is 0 Å².